The van der Waals surface area contributed by atoms with Crippen LogP contribution in [0.2, 0.25) is 0 Å². The van der Waals surface area contributed by atoms with Gasteiger partial charge < -0.3 is 14.5 Å². The van der Waals surface area contributed by atoms with Gasteiger partial charge in [-0.2, -0.15) is 0 Å². The number of rotatable bonds is 5. The number of anilines is 1. The highest BCUT2D eigenvalue weighted by Gasteiger charge is 2.35. The van der Waals surface area contributed by atoms with Gasteiger partial charge in [0.05, 0.1) is 24.5 Å². The Morgan fingerprint density at radius 1 is 1.41 bits per heavy atom. The van der Waals surface area contributed by atoms with Gasteiger partial charge in [0.2, 0.25) is 0 Å². The summed E-state index contributed by atoms with van der Waals surface area (Å²) in [6, 6.07) is 1.63. The van der Waals surface area contributed by atoms with Crippen LogP contribution in [0.4, 0.5) is 5.00 Å². The molecule has 27 heavy (non-hydrogen) atoms. The number of carbonyl (C=O) groups is 2. The zero-order valence-corrected chi connectivity index (χ0v) is 17.4. The maximum atomic E-state index is 12.6. The standard InChI is InChI=1S/C21H27NO4S/c1-6-21(3,4)13-7-8-15-16(11-13)27-19(17(15)20(24)25-5)22-18(23)14-9-10-26-12(14)2/h9-10,13H,6-8,11H2,1-5H3,(H,22,23)/t13-/m0/s1. The smallest absolute Gasteiger partial charge is 0.341 e. The zero-order chi connectivity index (χ0) is 19.8. The third-order valence-corrected chi connectivity index (χ3v) is 7.17. The summed E-state index contributed by atoms with van der Waals surface area (Å²) in [5, 5.41) is 3.49. The van der Waals surface area contributed by atoms with Crippen LogP contribution in [0.15, 0.2) is 16.7 Å². The second kappa shape index (κ2) is 7.50. The Balaban J connectivity index is 1.94. The van der Waals surface area contributed by atoms with Crippen LogP contribution in [-0.2, 0) is 17.6 Å². The van der Waals surface area contributed by atoms with Crippen LogP contribution < -0.4 is 5.32 Å². The number of carbonyl (C=O) groups excluding carboxylic acids is 2. The van der Waals surface area contributed by atoms with Crippen molar-refractivity contribution in [2.75, 3.05) is 12.4 Å². The molecule has 0 aliphatic heterocycles. The monoisotopic (exact) mass is 389 g/mol. The summed E-state index contributed by atoms with van der Waals surface area (Å²) in [5.41, 5.74) is 2.28. The summed E-state index contributed by atoms with van der Waals surface area (Å²) in [5.74, 6) is 0.465. The largest absolute Gasteiger partial charge is 0.469 e. The highest BCUT2D eigenvalue weighted by Crippen LogP contribution is 2.45. The first-order valence-corrected chi connectivity index (χ1v) is 10.2. The fourth-order valence-corrected chi connectivity index (χ4v) is 5.05. The highest BCUT2D eigenvalue weighted by molar-refractivity contribution is 7.17. The van der Waals surface area contributed by atoms with Crippen molar-refractivity contribution in [3.05, 3.63) is 39.7 Å². The molecule has 5 nitrogen and oxygen atoms in total. The Morgan fingerprint density at radius 3 is 2.74 bits per heavy atom. The molecule has 0 aromatic carbocycles. The van der Waals surface area contributed by atoms with E-state index in [4.69, 9.17) is 9.15 Å². The number of aryl methyl sites for hydroxylation is 1. The van der Waals surface area contributed by atoms with Gasteiger partial charge in [0.1, 0.15) is 10.8 Å². The fraction of sp³-hybridized carbons (Fsp3) is 0.524. The molecule has 2 heterocycles. The van der Waals surface area contributed by atoms with Crippen molar-refractivity contribution in [3.8, 4) is 0 Å². The van der Waals surface area contributed by atoms with E-state index in [0.29, 0.717) is 27.8 Å². The minimum absolute atomic E-state index is 0.254. The Hall–Kier alpha value is -2.08. The summed E-state index contributed by atoms with van der Waals surface area (Å²) in [6.45, 7) is 8.58. The average Bonchev–Trinajstić information content (AvgIpc) is 3.23. The van der Waals surface area contributed by atoms with Crippen LogP contribution in [0.3, 0.4) is 0 Å². The van der Waals surface area contributed by atoms with Crippen LogP contribution >= 0.6 is 11.3 Å². The van der Waals surface area contributed by atoms with Crippen molar-refractivity contribution >= 4 is 28.2 Å². The summed E-state index contributed by atoms with van der Waals surface area (Å²) < 4.78 is 10.2. The first-order valence-electron chi connectivity index (χ1n) is 9.36. The lowest BCUT2D eigenvalue weighted by Crippen LogP contribution is -2.28. The van der Waals surface area contributed by atoms with Gasteiger partial charge in [-0.25, -0.2) is 4.79 Å². The quantitative estimate of drug-likeness (QED) is 0.711. The van der Waals surface area contributed by atoms with Gasteiger partial charge in [-0.3, -0.25) is 4.79 Å². The van der Waals surface area contributed by atoms with E-state index in [2.05, 4.69) is 26.1 Å². The van der Waals surface area contributed by atoms with Crippen LogP contribution in [0, 0.1) is 18.3 Å². The van der Waals surface area contributed by atoms with Crippen LogP contribution in [0.1, 0.15) is 70.5 Å². The van der Waals surface area contributed by atoms with Crippen molar-refractivity contribution < 1.29 is 18.7 Å². The Bertz CT molecular complexity index is 862. The molecule has 3 rings (SSSR count). The average molecular weight is 390 g/mol. The maximum Gasteiger partial charge on any atom is 0.341 e. The van der Waals surface area contributed by atoms with Crippen LogP contribution in [0.25, 0.3) is 0 Å². The van der Waals surface area contributed by atoms with Gasteiger partial charge in [0, 0.05) is 4.88 Å². The molecule has 0 saturated heterocycles. The molecule has 0 bridgehead atoms. The third kappa shape index (κ3) is 3.68. The third-order valence-electron chi connectivity index (χ3n) is 6.00. The number of fused-ring (bicyclic) bond motifs is 1. The molecule has 146 valence electrons. The Labute approximate surface area is 164 Å². The maximum absolute atomic E-state index is 12.6. The minimum Gasteiger partial charge on any atom is -0.469 e. The van der Waals surface area contributed by atoms with Gasteiger partial charge in [-0.1, -0.05) is 27.2 Å². The zero-order valence-electron chi connectivity index (χ0n) is 16.6. The molecular weight excluding hydrogens is 362 g/mol. The summed E-state index contributed by atoms with van der Waals surface area (Å²) in [6.07, 6.45) is 5.42. The molecule has 1 aliphatic rings. The number of ether oxygens (including phenoxy) is 1. The SMILES string of the molecule is CCC(C)(C)[C@H]1CCc2c(sc(NC(=O)c3ccoc3C)c2C(=O)OC)C1. The molecule has 0 fully saturated rings. The molecule has 1 aliphatic carbocycles. The Morgan fingerprint density at radius 2 is 2.15 bits per heavy atom. The molecule has 1 atom stereocenters. The predicted molar refractivity (Wildman–Crippen MR) is 107 cm³/mol. The fourth-order valence-electron chi connectivity index (χ4n) is 3.74. The molecular formula is C21H27NO4S. The summed E-state index contributed by atoms with van der Waals surface area (Å²) >= 11 is 1.50. The first-order chi connectivity index (χ1) is 12.8. The number of esters is 1. The number of nitrogens with one attached hydrogen (secondary N) is 1. The highest BCUT2D eigenvalue weighted by atomic mass is 32.1. The number of furan rings is 1. The molecule has 1 amide bonds. The van der Waals surface area contributed by atoms with Gasteiger partial charge >= 0.3 is 5.97 Å². The minimum atomic E-state index is -0.389. The molecule has 0 spiro atoms. The van der Waals surface area contributed by atoms with Crippen LogP contribution in [-0.4, -0.2) is 19.0 Å². The first kappa shape index (κ1) is 19.7. The molecule has 2 aromatic heterocycles. The number of methoxy groups -OCH3 is 1. The van der Waals surface area contributed by atoms with Crippen LogP contribution in [0.5, 0.6) is 0 Å². The topological polar surface area (TPSA) is 68.5 Å². The second-order valence-corrected chi connectivity index (χ2v) is 8.93. The molecule has 1 N–H and O–H groups in total. The van der Waals surface area contributed by atoms with Crippen molar-refractivity contribution in [2.45, 2.75) is 53.4 Å². The molecule has 2 aromatic rings. The van der Waals surface area contributed by atoms with Crippen molar-refractivity contribution in [2.24, 2.45) is 11.3 Å². The van der Waals surface area contributed by atoms with Gasteiger partial charge in [-0.05, 0) is 49.1 Å². The van der Waals surface area contributed by atoms with Crippen molar-refractivity contribution in [1.82, 2.24) is 0 Å². The van der Waals surface area contributed by atoms with Gasteiger partial charge in [0.25, 0.3) is 5.91 Å². The van der Waals surface area contributed by atoms with Crippen molar-refractivity contribution in [1.29, 1.82) is 0 Å². The van der Waals surface area contributed by atoms with E-state index < -0.39 is 0 Å². The second-order valence-electron chi connectivity index (χ2n) is 7.83. The lowest BCUT2D eigenvalue weighted by molar-refractivity contribution is 0.0600. The van der Waals surface area contributed by atoms with E-state index in [9.17, 15) is 9.59 Å². The van der Waals surface area contributed by atoms with E-state index >= 15 is 0 Å². The van der Waals surface area contributed by atoms with Gasteiger partial charge in [0.15, 0.2) is 0 Å². The lowest BCUT2D eigenvalue weighted by atomic mass is 9.69. The summed E-state index contributed by atoms with van der Waals surface area (Å²) in [4.78, 5) is 26.3. The van der Waals surface area contributed by atoms with Gasteiger partial charge in [-0.15, -0.1) is 11.3 Å². The number of hydrogen-bond donors (Lipinski definition) is 1. The number of amides is 1. The van der Waals surface area contributed by atoms with E-state index in [1.807, 2.05) is 0 Å². The molecule has 0 unspecified atom stereocenters. The normalized spacial score (nSPS) is 16.7. The summed E-state index contributed by atoms with van der Waals surface area (Å²) in [7, 11) is 1.38. The number of thiophene rings is 1. The van der Waals surface area contributed by atoms with Crippen molar-refractivity contribution in [3.63, 3.8) is 0 Å². The van der Waals surface area contributed by atoms with E-state index in [-0.39, 0.29) is 17.3 Å². The molecule has 6 heteroatoms. The molecule has 0 saturated carbocycles. The lowest BCUT2D eigenvalue weighted by Gasteiger charge is -2.36. The molecule has 0 radical (unpaired) electrons. The van der Waals surface area contributed by atoms with E-state index in [1.165, 1.54) is 29.6 Å². The Kier molecular flexibility index (Phi) is 5.47. The predicted octanol–water partition coefficient (Wildman–Crippen LogP) is 5.23. The van der Waals surface area contributed by atoms with E-state index in [0.717, 1.165) is 31.2 Å². The van der Waals surface area contributed by atoms with E-state index in [1.54, 1.807) is 13.0 Å². The number of hydrogen-bond acceptors (Lipinski definition) is 5.